The highest BCUT2D eigenvalue weighted by atomic mass is 32.2. The van der Waals surface area contributed by atoms with E-state index in [9.17, 15) is 12.8 Å². The highest BCUT2D eigenvalue weighted by Crippen LogP contribution is 2.44. The Hall–Kier alpha value is -1.97. The number of oxazole rings is 1. The number of hydrogen-bond donors (Lipinski definition) is 0. The zero-order valence-corrected chi connectivity index (χ0v) is 20.2. The minimum Gasteiger partial charge on any atom is -0.448 e. The molecule has 0 amide bonds. The number of hydrogen-bond acceptors (Lipinski definition) is 5. The summed E-state index contributed by atoms with van der Waals surface area (Å²) in [6.45, 7) is 4.00. The second kappa shape index (κ2) is 8.67. The molecule has 33 heavy (non-hydrogen) atoms. The van der Waals surface area contributed by atoms with Gasteiger partial charge in [0.1, 0.15) is 11.6 Å². The number of rotatable bonds is 5. The van der Waals surface area contributed by atoms with E-state index in [0.717, 1.165) is 24.4 Å². The van der Waals surface area contributed by atoms with Crippen molar-refractivity contribution in [2.45, 2.75) is 70.0 Å². The summed E-state index contributed by atoms with van der Waals surface area (Å²) in [4.78, 5) is 6.89. The van der Waals surface area contributed by atoms with Crippen molar-refractivity contribution in [2.75, 3.05) is 24.4 Å². The lowest BCUT2D eigenvalue weighted by Gasteiger charge is -2.46. The second-order valence-electron chi connectivity index (χ2n) is 10.1. The van der Waals surface area contributed by atoms with Gasteiger partial charge in [0.15, 0.2) is 6.39 Å². The first-order valence-electron chi connectivity index (χ1n) is 12.0. The van der Waals surface area contributed by atoms with Crippen LogP contribution in [0.5, 0.6) is 0 Å². The molecular formula is C24H33FN4O3S. The molecule has 0 N–H and O–H groups in total. The van der Waals surface area contributed by atoms with Crippen molar-refractivity contribution < 1.29 is 17.2 Å². The molecule has 3 aliphatic rings. The second-order valence-corrected chi connectivity index (χ2v) is 12.0. The van der Waals surface area contributed by atoms with Crippen molar-refractivity contribution in [3.8, 4) is 0 Å². The van der Waals surface area contributed by atoms with Crippen molar-refractivity contribution >= 4 is 15.9 Å². The van der Waals surface area contributed by atoms with Crippen molar-refractivity contribution in [2.24, 2.45) is 5.92 Å². The lowest BCUT2D eigenvalue weighted by Crippen LogP contribution is -2.57. The highest BCUT2D eigenvalue weighted by molar-refractivity contribution is 7.90. The molecule has 1 aromatic carbocycles. The molecule has 2 aromatic rings. The van der Waals surface area contributed by atoms with E-state index in [4.69, 9.17) is 4.42 Å². The topological polar surface area (TPSA) is 69.9 Å². The smallest absolute Gasteiger partial charge is 0.304 e. The van der Waals surface area contributed by atoms with E-state index in [0.29, 0.717) is 37.5 Å². The Balaban J connectivity index is 1.35. The van der Waals surface area contributed by atoms with Gasteiger partial charge in [-0.3, -0.25) is 9.21 Å². The van der Waals surface area contributed by atoms with Crippen LogP contribution in [0.3, 0.4) is 0 Å². The monoisotopic (exact) mass is 476 g/mol. The lowest BCUT2D eigenvalue weighted by atomic mass is 9.82. The molecule has 2 atom stereocenters. The van der Waals surface area contributed by atoms with Gasteiger partial charge >= 0.3 is 10.2 Å². The summed E-state index contributed by atoms with van der Waals surface area (Å²) in [5.41, 5.74) is 0.812. The summed E-state index contributed by atoms with van der Waals surface area (Å²) < 4.78 is 49.1. The molecule has 1 saturated carbocycles. The molecule has 2 aliphatic heterocycles. The van der Waals surface area contributed by atoms with Crippen LogP contribution in [-0.4, -0.2) is 54.3 Å². The minimum atomic E-state index is -3.70. The average Bonchev–Trinajstić information content (AvgIpc) is 3.46. The van der Waals surface area contributed by atoms with Gasteiger partial charge in [-0.1, -0.05) is 31.7 Å². The quantitative estimate of drug-likeness (QED) is 0.653. The minimum absolute atomic E-state index is 0.146. The van der Waals surface area contributed by atoms with E-state index in [1.807, 2.05) is 0 Å². The fourth-order valence-electron chi connectivity index (χ4n) is 6.13. The van der Waals surface area contributed by atoms with Crippen LogP contribution in [0.25, 0.3) is 0 Å². The molecule has 9 heteroatoms. The Labute approximate surface area is 195 Å². The Morgan fingerprint density at radius 1 is 1.27 bits per heavy atom. The highest BCUT2D eigenvalue weighted by Gasteiger charge is 2.55. The predicted octanol–water partition coefficient (Wildman–Crippen LogP) is 3.97. The SMILES string of the molecule is C[C@H]1C[C@]2(CCN1Cc1ncoc1CC1CCCC1)CN(C)S(=O)(=O)N2c1cccc(F)c1. The van der Waals surface area contributed by atoms with E-state index in [2.05, 4.69) is 16.8 Å². The van der Waals surface area contributed by atoms with Gasteiger partial charge in [0, 0.05) is 39.1 Å². The standard InChI is InChI=1S/C24H33FN4O3S/c1-18-14-24(16-27(2)33(30,31)29(24)21-9-5-8-20(25)13-21)10-11-28(18)15-22-23(32-17-26-22)12-19-6-3-4-7-19/h5,8-9,13,17-19H,3-4,6-7,10-12,14-16H2,1-2H3/t18-,24+/m0/s1. The van der Waals surface area contributed by atoms with E-state index in [1.165, 1.54) is 46.4 Å². The Morgan fingerprint density at radius 2 is 2.06 bits per heavy atom. The van der Waals surface area contributed by atoms with Gasteiger partial charge in [-0.25, -0.2) is 9.37 Å². The maximum Gasteiger partial charge on any atom is 0.304 e. The average molecular weight is 477 g/mol. The molecule has 0 unspecified atom stereocenters. The molecule has 0 bridgehead atoms. The molecule has 7 nitrogen and oxygen atoms in total. The van der Waals surface area contributed by atoms with Gasteiger partial charge in [-0.2, -0.15) is 12.7 Å². The third kappa shape index (κ3) is 4.19. The Bertz CT molecular complexity index is 1100. The molecule has 180 valence electrons. The van der Waals surface area contributed by atoms with E-state index in [1.54, 1.807) is 25.6 Å². The van der Waals surface area contributed by atoms with Gasteiger partial charge < -0.3 is 4.42 Å². The fourth-order valence-corrected chi connectivity index (χ4v) is 7.90. The zero-order chi connectivity index (χ0) is 23.2. The molecule has 3 fully saturated rings. The van der Waals surface area contributed by atoms with Crippen LogP contribution in [0.1, 0.15) is 56.9 Å². The number of likely N-dealkylation sites (tertiary alicyclic amines) is 1. The maximum absolute atomic E-state index is 14.0. The van der Waals surface area contributed by atoms with Gasteiger partial charge in [-0.05, 0) is 43.9 Å². The van der Waals surface area contributed by atoms with Crippen LogP contribution in [0.2, 0.25) is 0 Å². The molecule has 1 spiro atoms. The molecule has 1 aromatic heterocycles. The first-order valence-corrected chi connectivity index (χ1v) is 13.4. The third-order valence-electron chi connectivity index (χ3n) is 7.81. The van der Waals surface area contributed by atoms with E-state index in [-0.39, 0.29) is 6.04 Å². The summed E-state index contributed by atoms with van der Waals surface area (Å²) in [5.74, 6) is 1.26. The summed E-state index contributed by atoms with van der Waals surface area (Å²) in [6, 6.07) is 6.06. The Morgan fingerprint density at radius 3 is 2.79 bits per heavy atom. The largest absolute Gasteiger partial charge is 0.448 e. The van der Waals surface area contributed by atoms with Crippen molar-refractivity contribution in [3.05, 3.63) is 47.9 Å². The summed E-state index contributed by atoms with van der Waals surface area (Å²) in [5, 5.41) is 0. The molecule has 0 radical (unpaired) electrons. The van der Waals surface area contributed by atoms with Crippen molar-refractivity contribution in [3.63, 3.8) is 0 Å². The first-order chi connectivity index (χ1) is 15.8. The van der Waals surface area contributed by atoms with Crippen LogP contribution in [0, 0.1) is 11.7 Å². The number of anilines is 1. The maximum atomic E-state index is 14.0. The van der Waals surface area contributed by atoms with Gasteiger partial charge in [-0.15, -0.1) is 0 Å². The van der Waals surface area contributed by atoms with Gasteiger partial charge in [0.2, 0.25) is 0 Å². The normalized spacial score (nSPS) is 28.8. The van der Waals surface area contributed by atoms with Crippen molar-refractivity contribution in [1.29, 1.82) is 0 Å². The van der Waals surface area contributed by atoms with Gasteiger partial charge in [0.25, 0.3) is 0 Å². The zero-order valence-electron chi connectivity index (χ0n) is 19.4. The van der Waals surface area contributed by atoms with Crippen LogP contribution < -0.4 is 4.31 Å². The number of aromatic nitrogens is 1. The van der Waals surface area contributed by atoms with Crippen LogP contribution in [0.4, 0.5) is 10.1 Å². The van der Waals surface area contributed by atoms with Crippen molar-refractivity contribution in [1.82, 2.24) is 14.2 Å². The predicted molar refractivity (Wildman–Crippen MR) is 124 cm³/mol. The molecule has 3 heterocycles. The molecule has 1 aliphatic carbocycles. The summed E-state index contributed by atoms with van der Waals surface area (Å²) in [7, 11) is -2.09. The lowest BCUT2D eigenvalue weighted by molar-refractivity contribution is 0.0987. The fraction of sp³-hybridized carbons (Fsp3) is 0.625. The number of halogens is 1. The van der Waals surface area contributed by atoms with E-state index >= 15 is 0 Å². The molecule has 2 saturated heterocycles. The number of likely N-dealkylation sites (N-methyl/N-ethyl adjacent to an activating group) is 1. The Kier molecular flexibility index (Phi) is 5.99. The van der Waals surface area contributed by atoms with Crippen LogP contribution in [0.15, 0.2) is 35.1 Å². The summed E-state index contributed by atoms with van der Waals surface area (Å²) in [6.07, 6.45) is 8.99. The molecular weight excluding hydrogens is 443 g/mol. The number of nitrogens with zero attached hydrogens (tertiary/aromatic N) is 4. The van der Waals surface area contributed by atoms with Crippen LogP contribution in [-0.2, 0) is 23.2 Å². The van der Waals surface area contributed by atoms with Gasteiger partial charge in [0.05, 0.1) is 16.9 Å². The number of piperidine rings is 1. The molecule has 5 rings (SSSR count). The van der Waals surface area contributed by atoms with E-state index < -0.39 is 21.6 Å². The number of benzene rings is 1. The van der Waals surface area contributed by atoms with Crippen LogP contribution >= 0.6 is 0 Å². The first kappa shape index (κ1) is 22.8. The summed E-state index contributed by atoms with van der Waals surface area (Å²) >= 11 is 0. The third-order valence-corrected chi connectivity index (χ3v) is 9.78.